The smallest absolute Gasteiger partial charge is 0.415 e. The molecule has 0 aromatic carbocycles. The van der Waals surface area contributed by atoms with Crippen molar-refractivity contribution in [3.05, 3.63) is 36.1 Å². The first-order valence-electron chi connectivity index (χ1n) is 6.38. The van der Waals surface area contributed by atoms with Crippen LogP contribution in [0.3, 0.4) is 0 Å². The third kappa shape index (κ3) is 3.51. The van der Waals surface area contributed by atoms with Gasteiger partial charge in [0.1, 0.15) is 29.4 Å². The van der Waals surface area contributed by atoms with E-state index in [0.29, 0.717) is 21.3 Å². The van der Waals surface area contributed by atoms with Gasteiger partial charge in [0.25, 0.3) is 0 Å². The molecule has 2 aromatic rings. The van der Waals surface area contributed by atoms with Gasteiger partial charge in [-0.3, -0.25) is 14.9 Å². The van der Waals surface area contributed by atoms with Crippen molar-refractivity contribution in [2.75, 3.05) is 11.9 Å². The van der Waals surface area contributed by atoms with Gasteiger partial charge in [-0.2, -0.15) is 0 Å². The van der Waals surface area contributed by atoms with Crippen molar-refractivity contribution in [3.63, 3.8) is 0 Å². The van der Waals surface area contributed by atoms with Crippen LogP contribution in [-0.2, 0) is 4.74 Å². The summed E-state index contributed by atoms with van der Waals surface area (Å²) in [6, 6.07) is 1.30. The van der Waals surface area contributed by atoms with Crippen molar-refractivity contribution in [1.29, 1.82) is 0 Å². The molecule has 0 saturated carbocycles. The normalized spacial score (nSPS) is 11.4. The maximum atomic E-state index is 13.2. The van der Waals surface area contributed by atoms with Crippen LogP contribution in [0.5, 0.6) is 0 Å². The van der Waals surface area contributed by atoms with E-state index in [1.807, 2.05) is 0 Å². The summed E-state index contributed by atoms with van der Waals surface area (Å²) < 4.78 is 18.3. The SMILES string of the molecule is [B]c1nc(-c2cncc(F)c2)sc1N(C)C(=O)O/C(C)=C\C. The summed E-state index contributed by atoms with van der Waals surface area (Å²) in [5.41, 5.74) is 0.663. The molecular formula is C14H13BFN3O2S. The summed E-state index contributed by atoms with van der Waals surface area (Å²) in [6.45, 7) is 3.43. The molecule has 0 fully saturated rings. The van der Waals surface area contributed by atoms with Crippen molar-refractivity contribution < 1.29 is 13.9 Å². The highest BCUT2D eigenvalue weighted by Crippen LogP contribution is 2.29. The van der Waals surface area contributed by atoms with Gasteiger partial charge in [0.05, 0.1) is 6.20 Å². The second-order valence-electron chi connectivity index (χ2n) is 4.43. The molecule has 0 atom stereocenters. The Morgan fingerprint density at radius 1 is 1.50 bits per heavy atom. The highest BCUT2D eigenvalue weighted by molar-refractivity contribution is 7.20. The summed E-state index contributed by atoms with van der Waals surface area (Å²) in [6.07, 6.45) is 3.68. The maximum absolute atomic E-state index is 13.2. The Kier molecular flexibility index (Phi) is 4.92. The van der Waals surface area contributed by atoms with E-state index in [1.165, 1.54) is 24.2 Å². The van der Waals surface area contributed by atoms with E-state index in [2.05, 4.69) is 9.97 Å². The largest absolute Gasteiger partial charge is 0.419 e. The van der Waals surface area contributed by atoms with E-state index >= 15 is 0 Å². The highest BCUT2D eigenvalue weighted by Gasteiger charge is 2.19. The highest BCUT2D eigenvalue weighted by atomic mass is 32.1. The number of rotatable bonds is 3. The first-order chi connectivity index (χ1) is 10.4. The van der Waals surface area contributed by atoms with Gasteiger partial charge in [-0.1, -0.05) is 11.3 Å². The Morgan fingerprint density at radius 2 is 2.23 bits per heavy atom. The second kappa shape index (κ2) is 6.70. The van der Waals surface area contributed by atoms with Crippen molar-refractivity contribution in [1.82, 2.24) is 9.97 Å². The molecule has 2 radical (unpaired) electrons. The van der Waals surface area contributed by atoms with Crippen molar-refractivity contribution in [2.24, 2.45) is 0 Å². The fourth-order valence-corrected chi connectivity index (χ4v) is 2.48. The van der Waals surface area contributed by atoms with Gasteiger partial charge in [-0.05, 0) is 26.0 Å². The van der Waals surface area contributed by atoms with E-state index in [-0.39, 0.29) is 5.59 Å². The van der Waals surface area contributed by atoms with Crippen LogP contribution in [0, 0.1) is 5.82 Å². The molecule has 0 aliphatic rings. The number of thiazole rings is 1. The van der Waals surface area contributed by atoms with Crippen LogP contribution in [0.1, 0.15) is 13.8 Å². The van der Waals surface area contributed by atoms with Gasteiger partial charge in [-0.25, -0.2) is 9.18 Å². The van der Waals surface area contributed by atoms with Crippen LogP contribution in [0.2, 0.25) is 0 Å². The number of ether oxygens (including phenoxy) is 1. The lowest BCUT2D eigenvalue weighted by Gasteiger charge is -2.15. The van der Waals surface area contributed by atoms with E-state index in [9.17, 15) is 9.18 Å². The van der Waals surface area contributed by atoms with Gasteiger partial charge in [0.2, 0.25) is 0 Å². The molecule has 2 rings (SSSR count). The summed E-state index contributed by atoms with van der Waals surface area (Å²) in [5.74, 6) is 0.0128. The van der Waals surface area contributed by atoms with E-state index in [1.54, 1.807) is 19.9 Å². The van der Waals surface area contributed by atoms with Crippen LogP contribution in [0.25, 0.3) is 10.6 Å². The molecule has 22 heavy (non-hydrogen) atoms. The minimum atomic E-state index is -0.574. The minimum Gasteiger partial charge on any atom is -0.415 e. The fraction of sp³-hybridized carbons (Fsp3) is 0.214. The predicted octanol–water partition coefficient (Wildman–Crippen LogP) is 2.63. The first-order valence-corrected chi connectivity index (χ1v) is 7.19. The Hall–Kier alpha value is -2.22. The van der Waals surface area contributed by atoms with Crippen molar-refractivity contribution >= 4 is 35.9 Å². The Bertz CT molecular complexity index is 733. The molecule has 0 saturated heterocycles. The van der Waals surface area contributed by atoms with Crippen molar-refractivity contribution in [3.8, 4) is 10.6 Å². The van der Waals surface area contributed by atoms with Gasteiger partial charge in [0.15, 0.2) is 0 Å². The number of amides is 1. The zero-order valence-corrected chi connectivity index (χ0v) is 13.1. The molecule has 112 valence electrons. The second-order valence-corrected chi connectivity index (χ2v) is 5.41. The Morgan fingerprint density at radius 3 is 2.86 bits per heavy atom. The molecule has 0 bridgehead atoms. The lowest BCUT2D eigenvalue weighted by Crippen LogP contribution is -2.29. The number of nitrogens with zero attached hydrogens (tertiary/aromatic N) is 3. The maximum Gasteiger partial charge on any atom is 0.419 e. The number of carbonyl (C=O) groups excluding carboxylic acids is 1. The number of halogens is 1. The van der Waals surface area contributed by atoms with E-state index in [4.69, 9.17) is 12.6 Å². The first kappa shape index (κ1) is 16.2. The van der Waals surface area contributed by atoms with Gasteiger partial charge in [0, 0.05) is 24.4 Å². The molecule has 0 unspecified atom stereocenters. The van der Waals surface area contributed by atoms with Gasteiger partial charge in [-0.15, -0.1) is 0 Å². The zero-order chi connectivity index (χ0) is 16.3. The number of hydrogen-bond donors (Lipinski definition) is 0. The Labute approximate surface area is 132 Å². The molecule has 0 spiro atoms. The van der Waals surface area contributed by atoms with Gasteiger partial charge < -0.3 is 4.74 Å². The summed E-state index contributed by atoms with van der Waals surface area (Å²) >= 11 is 1.16. The zero-order valence-electron chi connectivity index (χ0n) is 12.3. The average molecular weight is 317 g/mol. The molecular weight excluding hydrogens is 304 g/mol. The van der Waals surface area contributed by atoms with Crippen LogP contribution < -0.4 is 10.5 Å². The van der Waals surface area contributed by atoms with Crippen LogP contribution in [-0.4, -0.2) is 31.0 Å². The third-order valence-electron chi connectivity index (χ3n) is 2.82. The number of hydrogen-bond acceptors (Lipinski definition) is 5. The monoisotopic (exact) mass is 317 g/mol. The number of allylic oxidation sites excluding steroid dienone is 2. The topological polar surface area (TPSA) is 55.3 Å². The van der Waals surface area contributed by atoms with Crippen molar-refractivity contribution in [2.45, 2.75) is 13.8 Å². The quantitative estimate of drug-likeness (QED) is 0.645. The molecule has 0 aliphatic carbocycles. The number of aromatic nitrogens is 2. The fourth-order valence-electron chi connectivity index (χ4n) is 1.56. The Balaban J connectivity index is 2.28. The molecule has 2 aromatic heterocycles. The predicted molar refractivity (Wildman–Crippen MR) is 85.0 cm³/mol. The number of carbonyl (C=O) groups is 1. The summed E-state index contributed by atoms with van der Waals surface area (Å²) in [5, 5.41) is 0.898. The molecule has 5 nitrogen and oxygen atoms in total. The standard InChI is InChI=1S/C14H13BFN3O2S/c1-4-8(2)21-14(20)19(3)13-11(15)18-12(22-13)9-5-10(16)7-17-6-9/h4-7H,1-3H3/b8-4-. The van der Waals surface area contributed by atoms with Gasteiger partial charge >= 0.3 is 6.09 Å². The van der Waals surface area contributed by atoms with E-state index in [0.717, 1.165) is 17.5 Å². The lowest BCUT2D eigenvalue weighted by atomic mass is 10.1. The van der Waals surface area contributed by atoms with Crippen LogP contribution >= 0.6 is 11.3 Å². The minimum absolute atomic E-state index is 0.168. The molecule has 0 N–H and O–H groups in total. The molecule has 0 aliphatic heterocycles. The van der Waals surface area contributed by atoms with Crippen LogP contribution in [0.15, 0.2) is 30.3 Å². The summed E-state index contributed by atoms with van der Waals surface area (Å²) in [7, 11) is 7.37. The summed E-state index contributed by atoms with van der Waals surface area (Å²) in [4.78, 5) is 21.2. The average Bonchev–Trinajstić information content (AvgIpc) is 2.88. The number of anilines is 1. The molecule has 8 heteroatoms. The van der Waals surface area contributed by atoms with E-state index < -0.39 is 11.9 Å². The molecule has 1 amide bonds. The third-order valence-corrected chi connectivity index (χ3v) is 4.02. The number of pyridine rings is 1. The van der Waals surface area contributed by atoms with Crippen LogP contribution in [0.4, 0.5) is 14.2 Å². The lowest BCUT2D eigenvalue weighted by molar-refractivity contribution is 0.185. The molecule has 2 heterocycles.